The Morgan fingerprint density at radius 3 is 2.65 bits per heavy atom. The third-order valence-corrected chi connectivity index (χ3v) is 5.52. The fourth-order valence-corrected chi connectivity index (χ4v) is 4.11. The van der Waals surface area contributed by atoms with Gasteiger partial charge in [-0.25, -0.2) is 0 Å². The molecule has 1 aliphatic carbocycles. The van der Waals surface area contributed by atoms with Gasteiger partial charge in [0.2, 0.25) is 0 Å². The fraction of sp³-hybridized carbons (Fsp3) is 1.00. The Balaban J connectivity index is 2.01. The van der Waals surface area contributed by atoms with Crippen LogP contribution in [0.25, 0.3) is 0 Å². The molecule has 3 atom stereocenters. The molecule has 20 heavy (non-hydrogen) atoms. The van der Waals surface area contributed by atoms with Crippen LogP contribution in [0.5, 0.6) is 0 Å². The predicted octanol–water partition coefficient (Wildman–Crippen LogP) is 4.39. The molecule has 0 aromatic rings. The van der Waals surface area contributed by atoms with Gasteiger partial charge >= 0.3 is 0 Å². The van der Waals surface area contributed by atoms with Gasteiger partial charge in [-0.2, -0.15) is 0 Å². The van der Waals surface area contributed by atoms with Crippen LogP contribution in [0, 0.1) is 17.3 Å². The molecule has 0 aromatic carbocycles. The molecule has 0 spiro atoms. The number of ether oxygens (including phenoxy) is 1. The highest BCUT2D eigenvalue weighted by molar-refractivity contribution is 5.01. The van der Waals surface area contributed by atoms with Gasteiger partial charge < -0.3 is 10.1 Å². The van der Waals surface area contributed by atoms with Crippen molar-refractivity contribution in [1.82, 2.24) is 5.32 Å². The molecule has 1 saturated heterocycles. The first-order chi connectivity index (χ1) is 9.75. The minimum absolute atomic E-state index is 0.436. The van der Waals surface area contributed by atoms with Gasteiger partial charge in [-0.05, 0) is 44.1 Å². The molecule has 2 heteroatoms. The standard InChI is InChI=1S/C18H35NO/c1-4-7-8-15(5-2)13-18(14-19-6-3)11-12-20-17(18)16-9-10-16/h15-17,19H,4-14H2,1-3H3. The molecule has 2 aliphatic rings. The molecule has 0 radical (unpaired) electrons. The highest BCUT2D eigenvalue weighted by atomic mass is 16.5. The molecule has 0 bridgehead atoms. The summed E-state index contributed by atoms with van der Waals surface area (Å²) in [6.45, 7) is 10.2. The molecule has 3 unspecified atom stereocenters. The number of rotatable bonds is 10. The quantitative estimate of drug-likeness (QED) is 0.641. The summed E-state index contributed by atoms with van der Waals surface area (Å²) >= 11 is 0. The summed E-state index contributed by atoms with van der Waals surface area (Å²) in [6.07, 6.45) is 11.5. The van der Waals surface area contributed by atoms with E-state index in [0.29, 0.717) is 11.5 Å². The third kappa shape index (κ3) is 3.98. The lowest BCUT2D eigenvalue weighted by Gasteiger charge is -2.37. The van der Waals surface area contributed by atoms with Crippen LogP contribution in [0.4, 0.5) is 0 Å². The molecule has 1 heterocycles. The molecule has 0 aromatic heterocycles. The maximum absolute atomic E-state index is 6.20. The van der Waals surface area contributed by atoms with Gasteiger partial charge in [-0.1, -0.05) is 46.5 Å². The molecule has 118 valence electrons. The van der Waals surface area contributed by atoms with Crippen molar-refractivity contribution in [3.8, 4) is 0 Å². The molecule has 1 aliphatic heterocycles. The Labute approximate surface area is 126 Å². The number of unbranched alkanes of at least 4 members (excludes halogenated alkanes) is 1. The van der Waals surface area contributed by atoms with Gasteiger partial charge in [0.05, 0.1) is 6.10 Å². The Morgan fingerprint density at radius 1 is 1.25 bits per heavy atom. The van der Waals surface area contributed by atoms with Gasteiger partial charge in [0.1, 0.15) is 0 Å². The molecular weight excluding hydrogens is 246 g/mol. The SMILES string of the molecule is CCCCC(CC)CC1(CNCC)CCOC1C1CC1. The van der Waals surface area contributed by atoms with Crippen LogP contribution in [0.3, 0.4) is 0 Å². The van der Waals surface area contributed by atoms with Crippen LogP contribution in [0.15, 0.2) is 0 Å². The van der Waals surface area contributed by atoms with Crippen LogP contribution in [-0.4, -0.2) is 25.8 Å². The van der Waals surface area contributed by atoms with Crippen LogP contribution < -0.4 is 5.32 Å². The smallest absolute Gasteiger partial charge is 0.0672 e. The topological polar surface area (TPSA) is 21.3 Å². The van der Waals surface area contributed by atoms with Crippen molar-refractivity contribution < 1.29 is 4.74 Å². The summed E-state index contributed by atoms with van der Waals surface area (Å²) in [4.78, 5) is 0. The summed E-state index contributed by atoms with van der Waals surface area (Å²) in [5, 5.41) is 3.65. The highest BCUT2D eigenvalue weighted by Crippen LogP contribution is 2.51. The largest absolute Gasteiger partial charge is 0.377 e. The van der Waals surface area contributed by atoms with Crippen molar-refractivity contribution in [2.45, 2.75) is 78.2 Å². The monoisotopic (exact) mass is 281 g/mol. The van der Waals surface area contributed by atoms with Gasteiger partial charge in [-0.3, -0.25) is 0 Å². The molecule has 1 saturated carbocycles. The summed E-state index contributed by atoms with van der Waals surface area (Å²) in [5.41, 5.74) is 0.436. The van der Waals surface area contributed by atoms with E-state index in [1.165, 1.54) is 57.9 Å². The zero-order valence-corrected chi connectivity index (χ0v) is 13.9. The summed E-state index contributed by atoms with van der Waals surface area (Å²) < 4.78 is 6.20. The first-order valence-corrected chi connectivity index (χ1v) is 9.08. The van der Waals surface area contributed by atoms with E-state index >= 15 is 0 Å². The van der Waals surface area contributed by atoms with Gasteiger partial charge in [0.25, 0.3) is 0 Å². The molecule has 2 fully saturated rings. The third-order valence-electron chi connectivity index (χ3n) is 5.52. The van der Waals surface area contributed by atoms with Crippen molar-refractivity contribution in [3.05, 3.63) is 0 Å². The maximum atomic E-state index is 6.20. The van der Waals surface area contributed by atoms with Crippen molar-refractivity contribution >= 4 is 0 Å². The Bertz CT molecular complexity index is 277. The van der Waals surface area contributed by atoms with E-state index in [1.54, 1.807) is 0 Å². The van der Waals surface area contributed by atoms with E-state index in [1.807, 2.05) is 0 Å². The first-order valence-electron chi connectivity index (χ1n) is 9.08. The second-order valence-electron chi connectivity index (χ2n) is 7.14. The summed E-state index contributed by atoms with van der Waals surface area (Å²) in [7, 11) is 0. The minimum atomic E-state index is 0.436. The van der Waals surface area contributed by atoms with Crippen LogP contribution in [-0.2, 0) is 4.74 Å². The average molecular weight is 281 g/mol. The van der Waals surface area contributed by atoms with Crippen LogP contribution in [0.2, 0.25) is 0 Å². The Hall–Kier alpha value is -0.0800. The first kappa shape index (κ1) is 16.3. The lowest BCUT2D eigenvalue weighted by atomic mass is 9.71. The van der Waals surface area contributed by atoms with Gasteiger partial charge in [0, 0.05) is 18.6 Å². The molecule has 2 rings (SSSR count). The highest BCUT2D eigenvalue weighted by Gasteiger charge is 2.50. The van der Waals surface area contributed by atoms with E-state index in [-0.39, 0.29) is 0 Å². The normalized spacial score (nSPS) is 31.6. The molecule has 2 nitrogen and oxygen atoms in total. The fourth-order valence-electron chi connectivity index (χ4n) is 4.11. The van der Waals surface area contributed by atoms with Crippen molar-refractivity contribution in [2.75, 3.05) is 19.7 Å². The van der Waals surface area contributed by atoms with E-state index < -0.39 is 0 Å². The van der Waals surface area contributed by atoms with E-state index in [0.717, 1.165) is 25.0 Å². The van der Waals surface area contributed by atoms with E-state index in [4.69, 9.17) is 4.74 Å². The summed E-state index contributed by atoms with van der Waals surface area (Å²) in [5.74, 6) is 1.77. The van der Waals surface area contributed by atoms with Gasteiger partial charge in [-0.15, -0.1) is 0 Å². The molecule has 1 N–H and O–H groups in total. The van der Waals surface area contributed by atoms with E-state index in [9.17, 15) is 0 Å². The number of hydrogen-bond donors (Lipinski definition) is 1. The lowest BCUT2D eigenvalue weighted by molar-refractivity contribution is 0.0175. The second-order valence-corrected chi connectivity index (χ2v) is 7.14. The second kappa shape index (κ2) is 7.79. The minimum Gasteiger partial charge on any atom is -0.377 e. The van der Waals surface area contributed by atoms with E-state index in [2.05, 4.69) is 26.1 Å². The average Bonchev–Trinajstić information content (AvgIpc) is 3.23. The summed E-state index contributed by atoms with van der Waals surface area (Å²) in [6, 6.07) is 0. The van der Waals surface area contributed by atoms with Crippen molar-refractivity contribution in [2.24, 2.45) is 17.3 Å². The van der Waals surface area contributed by atoms with Crippen LogP contribution in [0.1, 0.15) is 72.1 Å². The zero-order chi connectivity index (χ0) is 14.4. The Kier molecular flexibility index (Phi) is 6.35. The maximum Gasteiger partial charge on any atom is 0.0672 e. The Morgan fingerprint density at radius 2 is 2.05 bits per heavy atom. The van der Waals surface area contributed by atoms with Crippen LogP contribution >= 0.6 is 0 Å². The zero-order valence-electron chi connectivity index (χ0n) is 13.9. The number of nitrogens with one attached hydrogen (secondary N) is 1. The molecular formula is C18H35NO. The number of hydrogen-bond acceptors (Lipinski definition) is 2. The molecule has 0 amide bonds. The van der Waals surface area contributed by atoms with Gasteiger partial charge in [0.15, 0.2) is 0 Å². The predicted molar refractivity (Wildman–Crippen MR) is 86.0 cm³/mol. The van der Waals surface area contributed by atoms with Crippen molar-refractivity contribution in [3.63, 3.8) is 0 Å². The van der Waals surface area contributed by atoms with Crippen molar-refractivity contribution in [1.29, 1.82) is 0 Å². The lowest BCUT2D eigenvalue weighted by Crippen LogP contribution is -2.43.